The number of benzene rings is 1. The molecular formula is C15H19BrIN3. The third-order valence-electron chi connectivity index (χ3n) is 3.33. The van der Waals surface area contributed by atoms with Crippen LogP contribution in [0.15, 0.2) is 35.1 Å². The molecule has 20 heavy (non-hydrogen) atoms. The summed E-state index contributed by atoms with van der Waals surface area (Å²) >= 11 is 6.01. The van der Waals surface area contributed by atoms with Gasteiger partial charge in [-0.2, -0.15) is 0 Å². The van der Waals surface area contributed by atoms with Crippen LogP contribution in [0.2, 0.25) is 0 Å². The van der Waals surface area contributed by atoms with Crippen molar-refractivity contribution < 1.29 is 0 Å². The molecule has 0 saturated heterocycles. The van der Waals surface area contributed by atoms with E-state index < -0.39 is 0 Å². The fourth-order valence-electron chi connectivity index (χ4n) is 2.31. The zero-order chi connectivity index (χ0) is 14.5. The summed E-state index contributed by atoms with van der Waals surface area (Å²) in [6.45, 7) is 3.22. The number of nitrogens with one attached hydrogen (secondary N) is 1. The molecule has 1 N–H and O–H groups in total. The molecule has 0 aliphatic heterocycles. The normalized spacial score (nSPS) is 12.6. The minimum Gasteiger partial charge on any atom is -0.335 e. The maximum Gasteiger partial charge on any atom is 0.110 e. The Hall–Kier alpha value is -0.400. The molecule has 2 rings (SSSR count). The number of likely N-dealkylation sites (N-methyl/N-ethyl adjacent to an activating group) is 1. The third-order valence-corrected chi connectivity index (χ3v) is 4.73. The van der Waals surface area contributed by atoms with E-state index in [0.29, 0.717) is 0 Å². The van der Waals surface area contributed by atoms with Crippen LogP contribution in [0.25, 0.3) is 0 Å². The monoisotopic (exact) mass is 447 g/mol. The molecule has 0 fully saturated rings. The first-order valence-electron chi connectivity index (χ1n) is 6.78. The highest BCUT2D eigenvalue weighted by molar-refractivity contribution is 14.1. The van der Waals surface area contributed by atoms with Gasteiger partial charge in [0.05, 0.1) is 0 Å². The molecule has 1 aromatic carbocycles. The van der Waals surface area contributed by atoms with Crippen molar-refractivity contribution >= 4 is 38.5 Å². The van der Waals surface area contributed by atoms with Gasteiger partial charge in [0.2, 0.25) is 0 Å². The van der Waals surface area contributed by atoms with Gasteiger partial charge >= 0.3 is 0 Å². The Bertz CT molecular complexity index is 568. The Balaban J connectivity index is 2.24. The second kappa shape index (κ2) is 7.56. The van der Waals surface area contributed by atoms with Crippen molar-refractivity contribution in [3.8, 4) is 0 Å². The number of aromatic nitrogens is 2. The van der Waals surface area contributed by atoms with Crippen molar-refractivity contribution in [1.82, 2.24) is 14.9 Å². The van der Waals surface area contributed by atoms with E-state index in [2.05, 4.69) is 84.7 Å². The average molecular weight is 448 g/mol. The third kappa shape index (κ3) is 3.83. The minimum absolute atomic E-state index is 0.261. The van der Waals surface area contributed by atoms with Crippen LogP contribution in [0.4, 0.5) is 0 Å². The molecule has 0 radical (unpaired) electrons. The van der Waals surface area contributed by atoms with Gasteiger partial charge in [0, 0.05) is 39.4 Å². The number of hydrogen-bond donors (Lipinski definition) is 1. The van der Waals surface area contributed by atoms with Crippen LogP contribution in [0.3, 0.4) is 0 Å². The van der Waals surface area contributed by atoms with Crippen molar-refractivity contribution in [2.24, 2.45) is 0 Å². The number of hydrogen-bond acceptors (Lipinski definition) is 2. The molecule has 1 atom stereocenters. The van der Waals surface area contributed by atoms with Crippen molar-refractivity contribution in [2.75, 3.05) is 7.05 Å². The molecule has 0 aliphatic rings. The number of imidazole rings is 1. The highest BCUT2D eigenvalue weighted by Gasteiger charge is 2.16. The van der Waals surface area contributed by atoms with Gasteiger partial charge in [-0.05, 0) is 59.8 Å². The molecule has 2 aromatic rings. The fraction of sp³-hybridized carbons (Fsp3) is 0.400. The van der Waals surface area contributed by atoms with Crippen molar-refractivity contribution in [3.63, 3.8) is 0 Å². The zero-order valence-electron chi connectivity index (χ0n) is 11.7. The van der Waals surface area contributed by atoms with Crippen molar-refractivity contribution in [3.05, 3.63) is 50.0 Å². The van der Waals surface area contributed by atoms with Crippen LogP contribution in [0.5, 0.6) is 0 Å². The van der Waals surface area contributed by atoms with E-state index in [1.165, 1.54) is 9.13 Å². The van der Waals surface area contributed by atoms with E-state index in [0.717, 1.165) is 29.7 Å². The highest BCUT2D eigenvalue weighted by Crippen LogP contribution is 2.27. The average Bonchev–Trinajstić information content (AvgIpc) is 2.87. The van der Waals surface area contributed by atoms with Crippen LogP contribution in [-0.4, -0.2) is 16.6 Å². The molecule has 3 nitrogen and oxygen atoms in total. The van der Waals surface area contributed by atoms with Gasteiger partial charge in [-0.1, -0.05) is 22.9 Å². The topological polar surface area (TPSA) is 29.9 Å². The van der Waals surface area contributed by atoms with E-state index in [-0.39, 0.29) is 6.04 Å². The molecule has 1 aromatic heterocycles. The highest BCUT2D eigenvalue weighted by atomic mass is 127. The molecular weight excluding hydrogens is 429 g/mol. The van der Waals surface area contributed by atoms with Crippen LogP contribution < -0.4 is 5.32 Å². The molecule has 0 saturated carbocycles. The summed E-state index contributed by atoms with van der Waals surface area (Å²) in [5, 5.41) is 3.41. The molecule has 5 heteroatoms. The molecule has 108 valence electrons. The van der Waals surface area contributed by atoms with Crippen LogP contribution in [0, 0.1) is 3.57 Å². The van der Waals surface area contributed by atoms with E-state index in [9.17, 15) is 0 Å². The molecule has 0 bridgehead atoms. The summed E-state index contributed by atoms with van der Waals surface area (Å²) in [4.78, 5) is 4.51. The predicted molar refractivity (Wildman–Crippen MR) is 94.9 cm³/mol. The first kappa shape index (κ1) is 16.0. The molecule has 0 spiro atoms. The van der Waals surface area contributed by atoms with Gasteiger partial charge < -0.3 is 9.88 Å². The molecule has 1 unspecified atom stereocenters. The Morgan fingerprint density at radius 3 is 2.95 bits per heavy atom. The van der Waals surface area contributed by atoms with Gasteiger partial charge in [-0.15, -0.1) is 0 Å². The number of halogens is 2. The standard InChI is InChI=1S/C15H19BrIN3/c1-3-7-20-8-6-19-15(20)10-14(18-2)12-9-11(17)4-5-13(12)16/h4-6,8-9,14,18H,3,7,10H2,1-2H3. The zero-order valence-corrected chi connectivity index (χ0v) is 15.5. The van der Waals surface area contributed by atoms with Crippen LogP contribution >= 0.6 is 38.5 Å². The Labute approximate surface area is 142 Å². The lowest BCUT2D eigenvalue weighted by atomic mass is 10.0. The van der Waals surface area contributed by atoms with E-state index in [1.807, 2.05) is 13.2 Å². The van der Waals surface area contributed by atoms with Gasteiger partial charge in [0.25, 0.3) is 0 Å². The minimum atomic E-state index is 0.261. The Morgan fingerprint density at radius 2 is 2.25 bits per heavy atom. The van der Waals surface area contributed by atoms with E-state index >= 15 is 0 Å². The fourth-order valence-corrected chi connectivity index (χ4v) is 3.34. The smallest absolute Gasteiger partial charge is 0.110 e. The maximum absolute atomic E-state index is 4.51. The quantitative estimate of drug-likeness (QED) is 0.673. The van der Waals surface area contributed by atoms with Gasteiger partial charge in [-0.3, -0.25) is 0 Å². The number of rotatable bonds is 6. The van der Waals surface area contributed by atoms with Crippen molar-refractivity contribution in [2.45, 2.75) is 32.4 Å². The summed E-state index contributed by atoms with van der Waals surface area (Å²) in [6.07, 6.45) is 5.97. The molecule has 0 amide bonds. The summed E-state index contributed by atoms with van der Waals surface area (Å²) in [6, 6.07) is 6.70. The lowest BCUT2D eigenvalue weighted by Crippen LogP contribution is -2.21. The second-order valence-corrected chi connectivity index (χ2v) is 6.85. The molecule has 1 heterocycles. The van der Waals surface area contributed by atoms with Gasteiger partial charge in [0.1, 0.15) is 5.82 Å². The lowest BCUT2D eigenvalue weighted by Gasteiger charge is -2.19. The van der Waals surface area contributed by atoms with Crippen LogP contribution in [0.1, 0.15) is 30.8 Å². The Kier molecular flexibility index (Phi) is 6.04. The first-order chi connectivity index (χ1) is 9.65. The predicted octanol–water partition coefficient (Wildman–Crippen LogP) is 4.16. The summed E-state index contributed by atoms with van der Waals surface area (Å²) in [5.41, 5.74) is 1.28. The first-order valence-corrected chi connectivity index (χ1v) is 8.65. The largest absolute Gasteiger partial charge is 0.335 e. The van der Waals surface area contributed by atoms with E-state index in [4.69, 9.17) is 0 Å². The molecule has 0 aliphatic carbocycles. The van der Waals surface area contributed by atoms with Crippen molar-refractivity contribution in [1.29, 1.82) is 0 Å². The maximum atomic E-state index is 4.51. The van der Waals surface area contributed by atoms with Gasteiger partial charge in [-0.25, -0.2) is 4.98 Å². The number of nitrogens with zero attached hydrogens (tertiary/aromatic N) is 2. The summed E-state index contributed by atoms with van der Waals surface area (Å²) in [5.74, 6) is 1.14. The van der Waals surface area contributed by atoms with E-state index in [1.54, 1.807) is 0 Å². The SMILES string of the molecule is CCCn1ccnc1CC(NC)c1cc(I)ccc1Br. The Morgan fingerprint density at radius 1 is 1.45 bits per heavy atom. The van der Waals surface area contributed by atoms with Gasteiger partial charge in [0.15, 0.2) is 0 Å². The summed E-state index contributed by atoms with van der Waals surface area (Å²) in [7, 11) is 2.00. The summed E-state index contributed by atoms with van der Waals surface area (Å²) < 4.78 is 4.63. The number of aryl methyl sites for hydroxylation is 1. The second-order valence-electron chi connectivity index (χ2n) is 4.75. The lowest BCUT2D eigenvalue weighted by molar-refractivity contribution is 0.541. The van der Waals surface area contributed by atoms with Crippen LogP contribution in [-0.2, 0) is 13.0 Å².